The van der Waals surface area contributed by atoms with Gasteiger partial charge in [-0.15, -0.1) is 0 Å². The second-order valence-corrected chi connectivity index (χ2v) is 26.7. The second kappa shape index (κ2) is 58.2. The van der Waals surface area contributed by atoms with Gasteiger partial charge in [-0.1, -0.05) is 259 Å². The molecule has 1 amide bonds. The number of amides is 1. The molecule has 0 saturated carbocycles. The van der Waals surface area contributed by atoms with E-state index in [2.05, 4.69) is 104 Å². The molecule has 17 atom stereocenters. The van der Waals surface area contributed by atoms with E-state index in [0.717, 1.165) is 77.0 Å². The molecule has 3 saturated heterocycles. The summed E-state index contributed by atoms with van der Waals surface area (Å²) in [6.07, 6.45) is 51.1. The summed E-state index contributed by atoms with van der Waals surface area (Å²) in [4.78, 5) is 13.4. The minimum atomic E-state index is -1.99. The van der Waals surface area contributed by atoms with Gasteiger partial charge in [0.25, 0.3) is 0 Å². The number of ether oxygens (including phenoxy) is 6. The van der Waals surface area contributed by atoms with Crippen molar-refractivity contribution in [1.29, 1.82) is 0 Å². The Morgan fingerprint density at radius 3 is 1.15 bits per heavy atom. The first-order valence-electron chi connectivity index (χ1n) is 38.0. The Balaban J connectivity index is 1.36. The van der Waals surface area contributed by atoms with Gasteiger partial charge in [-0.25, -0.2) is 0 Å². The lowest BCUT2D eigenvalue weighted by atomic mass is 9.96. The SMILES string of the molecule is CC/C=C\C/C=C\C/C=C\C/C=C\C/C=C\CCCCCCCCCCCCCCCCCCCCCC(=O)NC(COC1OC(CO)C(OC2OC(CO)C(OC3OC(CO)C(O)C(O)C3O)C(O)C2O)C(O)C1O)C(O)/C=C/CC/C=C/CC/C=C/CCCCCCCCC. The zero-order valence-corrected chi connectivity index (χ0v) is 59.5. The molecule has 3 rings (SSSR count). The fraction of sp³-hybridized carbons (Fsp3) is 0.782. The van der Waals surface area contributed by atoms with Gasteiger partial charge in [0.2, 0.25) is 5.91 Å². The fourth-order valence-corrected chi connectivity index (χ4v) is 12.3. The van der Waals surface area contributed by atoms with Crippen LogP contribution in [-0.2, 0) is 33.2 Å². The van der Waals surface area contributed by atoms with Gasteiger partial charge in [0.15, 0.2) is 18.9 Å². The maximum atomic E-state index is 13.4. The predicted octanol–water partition coefficient (Wildman–Crippen LogP) is 11.6. The molecule has 3 aliphatic rings. The Labute approximate surface area is 583 Å². The topological polar surface area (TPSA) is 307 Å². The third kappa shape index (κ3) is 39.1. The lowest BCUT2D eigenvalue weighted by Crippen LogP contribution is -2.66. The normalized spacial score (nSPS) is 27.5. The van der Waals surface area contributed by atoms with Gasteiger partial charge in [0.1, 0.15) is 73.2 Å². The van der Waals surface area contributed by atoms with Crippen molar-refractivity contribution in [1.82, 2.24) is 5.32 Å². The maximum absolute atomic E-state index is 13.4. The monoisotopic (exact) mass is 1370 g/mol. The van der Waals surface area contributed by atoms with Crippen LogP contribution in [0.25, 0.3) is 0 Å². The lowest BCUT2D eigenvalue weighted by Gasteiger charge is -2.48. The molecular formula is C78H135NO18. The first-order valence-corrected chi connectivity index (χ1v) is 38.0. The van der Waals surface area contributed by atoms with Crippen LogP contribution in [-0.4, -0.2) is 193 Å². The summed E-state index contributed by atoms with van der Waals surface area (Å²) < 4.78 is 34.4. The van der Waals surface area contributed by atoms with Crippen molar-refractivity contribution in [3.05, 3.63) is 97.2 Å². The number of allylic oxidation sites excluding steroid dienone is 15. The van der Waals surface area contributed by atoms with Gasteiger partial charge in [0.05, 0.1) is 38.6 Å². The van der Waals surface area contributed by atoms with E-state index in [1.807, 2.05) is 6.08 Å². The molecule has 3 fully saturated rings. The van der Waals surface area contributed by atoms with Crippen molar-refractivity contribution in [2.45, 2.75) is 362 Å². The van der Waals surface area contributed by atoms with Crippen LogP contribution in [0.15, 0.2) is 97.2 Å². The molecule has 19 nitrogen and oxygen atoms in total. The van der Waals surface area contributed by atoms with Crippen LogP contribution >= 0.6 is 0 Å². The van der Waals surface area contributed by atoms with Crippen LogP contribution in [0.5, 0.6) is 0 Å². The maximum Gasteiger partial charge on any atom is 0.220 e. The van der Waals surface area contributed by atoms with Crippen LogP contribution in [0.2, 0.25) is 0 Å². The van der Waals surface area contributed by atoms with Crippen molar-refractivity contribution in [2.24, 2.45) is 0 Å². The van der Waals surface area contributed by atoms with E-state index in [4.69, 9.17) is 28.4 Å². The summed E-state index contributed by atoms with van der Waals surface area (Å²) in [6.45, 7) is 1.59. The van der Waals surface area contributed by atoms with Crippen molar-refractivity contribution in [2.75, 3.05) is 26.4 Å². The third-order valence-corrected chi connectivity index (χ3v) is 18.3. The van der Waals surface area contributed by atoms with E-state index in [-0.39, 0.29) is 18.9 Å². The molecule has 12 N–H and O–H groups in total. The Bertz CT molecular complexity index is 2130. The van der Waals surface area contributed by atoms with Crippen LogP contribution < -0.4 is 5.32 Å². The number of hydrogen-bond donors (Lipinski definition) is 12. The molecule has 0 radical (unpaired) electrons. The fourth-order valence-electron chi connectivity index (χ4n) is 12.3. The summed E-state index contributed by atoms with van der Waals surface area (Å²) >= 11 is 0. The molecule has 0 bridgehead atoms. The summed E-state index contributed by atoms with van der Waals surface area (Å²) in [6, 6.07) is -1.00. The standard InChI is InChI=1S/C78H135NO18/c1-3-5-7-9-11-13-15-17-19-21-22-23-24-25-26-27-28-29-30-31-32-33-34-35-36-37-38-40-42-44-46-48-50-52-54-56-66(84)79-61(62(83)55-53-51-49-47-45-43-41-39-20-18-16-14-12-10-8-6-4-2)60-92-76-72(90)69(87)74(64(58-81)94-76)97-78-73(91)70(88)75(65(59-82)95-78)96-77-71(89)68(86)67(85)63(57-80)93-77/h5,7,11,13,17,19-20,22-23,25-26,39,45,47,53,55,61-65,67-78,80-83,85-91H,3-4,6,8-10,12,14-16,18,21,24,27-38,40-44,46,48-52,54,56-60H2,1-2H3,(H,79,84)/b7-5-,13-11-,19-17-,23-22-,26-25-,39-20+,47-45+,55-53+. The smallest absolute Gasteiger partial charge is 0.220 e. The van der Waals surface area contributed by atoms with Crippen LogP contribution in [0.4, 0.5) is 0 Å². The lowest BCUT2D eigenvalue weighted by molar-refractivity contribution is -0.379. The average Bonchev–Trinajstić information content (AvgIpc) is 0.792. The molecular weight excluding hydrogens is 1240 g/mol. The highest BCUT2D eigenvalue weighted by Gasteiger charge is 2.53. The van der Waals surface area contributed by atoms with E-state index in [0.29, 0.717) is 12.8 Å². The molecule has 0 aromatic carbocycles. The van der Waals surface area contributed by atoms with Gasteiger partial charge in [-0.05, 0) is 89.9 Å². The van der Waals surface area contributed by atoms with Crippen molar-refractivity contribution in [3.63, 3.8) is 0 Å². The average molecular weight is 1370 g/mol. The minimum absolute atomic E-state index is 0.230. The molecule has 17 unspecified atom stereocenters. The second-order valence-electron chi connectivity index (χ2n) is 26.7. The van der Waals surface area contributed by atoms with E-state index in [1.165, 1.54) is 148 Å². The van der Waals surface area contributed by atoms with Gasteiger partial charge in [-0.3, -0.25) is 4.79 Å². The molecule has 19 heteroatoms. The number of aliphatic hydroxyl groups excluding tert-OH is 11. The first kappa shape index (κ1) is 87.9. The number of hydrogen-bond acceptors (Lipinski definition) is 18. The summed E-state index contributed by atoms with van der Waals surface area (Å²) in [5.74, 6) is -0.290. The van der Waals surface area contributed by atoms with Gasteiger partial charge in [-0.2, -0.15) is 0 Å². The number of aliphatic hydroxyl groups is 11. The van der Waals surface area contributed by atoms with E-state index in [1.54, 1.807) is 6.08 Å². The Hall–Kier alpha value is -3.29. The molecule has 560 valence electrons. The van der Waals surface area contributed by atoms with Crippen molar-refractivity contribution in [3.8, 4) is 0 Å². The molecule has 3 aliphatic heterocycles. The quantitative estimate of drug-likeness (QED) is 0.0199. The largest absolute Gasteiger partial charge is 0.394 e. The molecule has 97 heavy (non-hydrogen) atoms. The van der Waals surface area contributed by atoms with E-state index >= 15 is 0 Å². The highest BCUT2D eigenvalue weighted by molar-refractivity contribution is 5.76. The van der Waals surface area contributed by atoms with Crippen molar-refractivity contribution < 1.29 is 89.4 Å². The third-order valence-electron chi connectivity index (χ3n) is 18.3. The number of carbonyl (C=O) groups is 1. The highest BCUT2D eigenvalue weighted by Crippen LogP contribution is 2.33. The number of nitrogens with one attached hydrogen (secondary N) is 1. The van der Waals surface area contributed by atoms with Crippen LogP contribution in [0.3, 0.4) is 0 Å². The molecule has 0 aliphatic carbocycles. The Morgan fingerprint density at radius 1 is 0.381 bits per heavy atom. The van der Waals surface area contributed by atoms with Gasteiger partial charge < -0.3 is 89.9 Å². The number of carbonyl (C=O) groups excluding carboxylic acids is 1. The summed E-state index contributed by atoms with van der Waals surface area (Å²) in [7, 11) is 0. The Morgan fingerprint density at radius 2 is 0.722 bits per heavy atom. The van der Waals surface area contributed by atoms with Crippen LogP contribution in [0, 0.1) is 0 Å². The number of rotatable bonds is 58. The first-order chi connectivity index (χ1) is 47.3. The molecule has 0 aromatic rings. The minimum Gasteiger partial charge on any atom is -0.394 e. The predicted molar refractivity (Wildman–Crippen MR) is 383 cm³/mol. The zero-order chi connectivity index (χ0) is 70.4. The molecule has 0 spiro atoms. The molecule has 3 heterocycles. The van der Waals surface area contributed by atoms with E-state index < -0.39 is 124 Å². The van der Waals surface area contributed by atoms with Crippen LogP contribution in [0.1, 0.15) is 258 Å². The van der Waals surface area contributed by atoms with Gasteiger partial charge in [0, 0.05) is 6.42 Å². The summed E-state index contributed by atoms with van der Waals surface area (Å²) in [5, 5.41) is 121. The molecule has 0 aromatic heterocycles. The van der Waals surface area contributed by atoms with Crippen molar-refractivity contribution >= 4 is 5.91 Å². The summed E-state index contributed by atoms with van der Waals surface area (Å²) in [5.41, 5.74) is 0. The van der Waals surface area contributed by atoms with Gasteiger partial charge >= 0.3 is 0 Å². The highest BCUT2D eigenvalue weighted by atomic mass is 16.8. The van der Waals surface area contributed by atoms with E-state index in [9.17, 15) is 61.0 Å². The zero-order valence-electron chi connectivity index (χ0n) is 59.5. The Kier molecular flexibility index (Phi) is 52.8. The number of unbranched alkanes of at least 4 members (excludes halogenated alkanes) is 28.